The molecule has 2 fully saturated rings. The smallest absolute Gasteiger partial charge is 0.254 e. The first-order valence-electron chi connectivity index (χ1n) is 8.37. The summed E-state index contributed by atoms with van der Waals surface area (Å²) in [6.45, 7) is 0. The van der Waals surface area contributed by atoms with Crippen molar-refractivity contribution in [2.45, 2.75) is 62.8 Å². The number of nitrogens with zero attached hydrogens (tertiary/aromatic N) is 1. The third kappa shape index (κ3) is 3.78. The lowest BCUT2D eigenvalue weighted by atomic mass is 9.93. The van der Waals surface area contributed by atoms with Gasteiger partial charge in [-0.3, -0.25) is 9.00 Å². The van der Waals surface area contributed by atoms with Crippen molar-refractivity contribution in [3.05, 3.63) is 35.4 Å². The van der Waals surface area contributed by atoms with Gasteiger partial charge in [0.15, 0.2) is 0 Å². The quantitative estimate of drug-likeness (QED) is 0.833. The lowest BCUT2D eigenvalue weighted by molar-refractivity contribution is 0.0614. The van der Waals surface area contributed by atoms with E-state index in [2.05, 4.69) is 4.90 Å². The maximum absolute atomic E-state index is 13.0. The molecule has 1 aromatic rings. The second kappa shape index (κ2) is 6.95. The van der Waals surface area contributed by atoms with E-state index in [0.29, 0.717) is 17.8 Å². The van der Waals surface area contributed by atoms with Gasteiger partial charge in [0, 0.05) is 40.5 Å². The average Bonchev–Trinajstić information content (AvgIpc) is 3.33. The molecule has 0 saturated heterocycles. The van der Waals surface area contributed by atoms with Crippen molar-refractivity contribution < 1.29 is 9.00 Å². The molecular formula is C18H25NO2S. The summed E-state index contributed by atoms with van der Waals surface area (Å²) in [7, 11) is -0.874. The lowest BCUT2D eigenvalue weighted by Gasteiger charge is -2.34. The first-order valence-corrected chi connectivity index (χ1v) is 10.1. The van der Waals surface area contributed by atoms with Gasteiger partial charge in [-0.05, 0) is 43.4 Å². The standard InChI is InChI=1S/C18H25NO2S/c1-22(21)13-14-6-5-7-15(12-14)18(20)19(17-10-11-17)16-8-3-2-4-9-16/h5-7,12,16-17H,2-4,8-11,13H2,1H3. The van der Waals surface area contributed by atoms with Gasteiger partial charge in [-0.1, -0.05) is 31.4 Å². The van der Waals surface area contributed by atoms with Gasteiger partial charge in [-0.2, -0.15) is 0 Å². The largest absolute Gasteiger partial charge is 0.333 e. The van der Waals surface area contributed by atoms with Crippen LogP contribution in [0.25, 0.3) is 0 Å². The molecule has 2 saturated carbocycles. The minimum atomic E-state index is -0.874. The fraction of sp³-hybridized carbons (Fsp3) is 0.611. The minimum Gasteiger partial charge on any atom is -0.333 e. The van der Waals surface area contributed by atoms with Gasteiger partial charge in [0.05, 0.1) is 0 Å². The zero-order chi connectivity index (χ0) is 15.5. The van der Waals surface area contributed by atoms with Crippen molar-refractivity contribution in [3.63, 3.8) is 0 Å². The molecular weight excluding hydrogens is 294 g/mol. The molecule has 22 heavy (non-hydrogen) atoms. The van der Waals surface area contributed by atoms with E-state index >= 15 is 0 Å². The van der Waals surface area contributed by atoms with E-state index in [1.807, 2.05) is 24.3 Å². The third-order valence-electron chi connectivity index (χ3n) is 4.69. The van der Waals surface area contributed by atoms with Gasteiger partial charge in [-0.25, -0.2) is 0 Å². The van der Waals surface area contributed by atoms with Crippen LogP contribution in [0.1, 0.15) is 60.9 Å². The van der Waals surface area contributed by atoms with Crippen LogP contribution in [-0.2, 0) is 16.6 Å². The van der Waals surface area contributed by atoms with E-state index in [-0.39, 0.29) is 5.91 Å². The first kappa shape index (κ1) is 15.7. The summed E-state index contributed by atoms with van der Waals surface area (Å²) in [5.41, 5.74) is 1.76. The van der Waals surface area contributed by atoms with Gasteiger partial charge >= 0.3 is 0 Å². The highest BCUT2D eigenvalue weighted by Gasteiger charge is 2.38. The van der Waals surface area contributed by atoms with Crippen molar-refractivity contribution in [1.29, 1.82) is 0 Å². The van der Waals surface area contributed by atoms with Crippen LogP contribution in [0.3, 0.4) is 0 Å². The summed E-state index contributed by atoms with van der Waals surface area (Å²) >= 11 is 0. The lowest BCUT2D eigenvalue weighted by Crippen LogP contribution is -2.43. The van der Waals surface area contributed by atoms with Crippen LogP contribution < -0.4 is 0 Å². The zero-order valence-corrected chi connectivity index (χ0v) is 14.1. The molecule has 0 spiro atoms. The van der Waals surface area contributed by atoms with Crippen LogP contribution in [0.5, 0.6) is 0 Å². The molecule has 2 aliphatic rings. The fourth-order valence-electron chi connectivity index (χ4n) is 3.52. The maximum atomic E-state index is 13.0. The van der Waals surface area contributed by atoms with E-state index in [4.69, 9.17) is 0 Å². The molecule has 0 bridgehead atoms. The number of hydrogen-bond acceptors (Lipinski definition) is 2. The molecule has 1 aromatic carbocycles. The normalized spacial score (nSPS) is 20.6. The van der Waals surface area contributed by atoms with Gasteiger partial charge in [0.2, 0.25) is 0 Å². The van der Waals surface area contributed by atoms with Gasteiger partial charge < -0.3 is 4.90 Å². The highest BCUT2D eigenvalue weighted by atomic mass is 32.2. The van der Waals surface area contributed by atoms with E-state index in [9.17, 15) is 9.00 Å². The number of hydrogen-bond donors (Lipinski definition) is 0. The minimum absolute atomic E-state index is 0.179. The van der Waals surface area contributed by atoms with Crippen molar-refractivity contribution in [1.82, 2.24) is 4.90 Å². The summed E-state index contributed by atoms with van der Waals surface area (Å²) in [4.78, 5) is 15.2. The Bertz CT molecular complexity index is 562. The predicted octanol–water partition coefficient (Wildman–Crippen LogP) is 3.50. The Hall–Kier alpha value is -1.16. The third-order valence-corrected chi connectivity index (χ3v) is 5.43. The Balaban J connectivity index is 1.79. The Labute approximate surface area is 135 Å². The van der Waals surface area contributed by atoms with Crippen molar-refractivity contribution in [2.75, 3.05) is 6.26 Å². The molecule has 4 heteroatoms. The first-order chi connectivity index (χ1) is 10.6. The maximum Gasteiger partial charge on any atom is 0.254 e. The highest BCUT2D eigenvalue weighted by Crippen LogP contribution is 2.35. The van der Waals surface area contributed by atoms with Crippen molar-refractivity contribution in [2.24, 2.45) is 0 Å². The van der Waals surface area contributed by atoms with E-state index in [1.165, 1.54) is 19.3 Å². The Morgan fingerprint density at radius 3 is 2.45 bits per heavy atom. The van der Waals surface area contributed by atoms with Crippen molar-refractivity contribution in [3.8, 4) is 0 Å². The molecule has 1 amide bonds. The molecule has 0 radical (unpaired) electrons. The van der Waals surface area contributed by atoms with Crippen LogP contribution in [0.4, 0.5) is 0 Å². The molecule has 1 unspecified atom stereocenters. The number of carbonyl (C=O) groups is 1. The Morgan fingerprint density at radius 1 is 1.14 bits per heavy atom. The molecule has 3 nitrogen and oxygen atoms in total. The Morgan fingerprint density at radius 2 is 1.82 bits per heavy atom. The molecule has 3 rings (SSSR count). The predicted molar refractivity (Wildman–Crippen MR) is 90.3 cm³/mol. The summed E-state index contributed by atoms with van der Waals surface area (Å²) in [6, 6.07) is 8.60. The number of amides is 1. The topological polar surface area (TPSA) is 37.4 Å². The summed E-state index contributed by atoms with van der Waals surface area (Å²) < 4.78 is 11.4. The van der Waals surface area contributed by atoms with Crippen LogP contribution in [0.2, 0.25) is 0 Å². The fourth-order valence-corrected chi connectivity index (χ4v) is 4.17. The van der Waals surface area contributed by atoms with Crippen LogP contribution in [0.15, 0.2) is 24.3 Å². The average molecular weight is 319 g/mol. The van der Waals surface area contributed by atoms with Crippen LogP contribution >= 0.6 is 0 Å². The highest BCUT2D eigenvalue weighted by molar-refractivity contribution is 7.83. The number of rotatable bonds is 5. The van der Waals surface area contributed by atoms with Gasteiger partial charge in [0.25, 0.3) is 5.91 Å². The van der Waals surface area contributed by atoms with Crippen LogP contribution in [-0.4, -0.2) is 33.4 Å². The SMILES string of the molecule is CS(=O)Cc1cccc(C(=O)N(C2CCCCC2)C2CC2)c1. The van der Waals surface area contributed by atoms with Crippen molar-refractivity contribution >= 4 is 16.7 Å². The molecule has 0 aromatic heterocycles. The molecule has 1 atom stereocenters. The summed E-state index contributed by atoms with van der Waals surface area (Å²) in [5, 5.41) is 0. The molecule has 0 aliphatic heterocycles. The second-order valence-electron chi connectivity index (χ2n) is 6.65. The van der Waals surface area contributed by atoms with Gasteiger partial charge in [0.1, 0.15) is 0 Å². The van der Waals surface area contributed by atoms with E-state index < -0.39 is 10.8 Å². The molecule has 120 valence electrons. The molecule has 0 N–H and O–H groups in total. The number of carbonyl (C=O) groups excluding carboxylic acids is 1. The second-order valence-corrected chi connectivity index (χ2v) is 8.09. The zero-order valence-electron chi connectivity index (χ0n) is 13.3. The van der Waals surface area contributed by atoms with E-state index in [0.717, 1.165) is 36.8 Å². The monoisotopic (exact) mass is 319 g/mol. The van der Waals surface area contributed by atoms with Gasteiger partial charge in [-0.15, -0.1) is 0 Å². The molecule has 2 aliphatic carbocycles. The summed E-state index contributed by atoms with van der Waals surface area (Å²) in [5.74, 6) is 0.701. The number of benzene rings is 1. The Kier molecular flexibility index (Phi) is 4.97. The summed E-state index contributed by atoms with van der Waals surface area (Å²) in [6.07, 6.45) is 10.1. The molecule has 0 heterocycles. The van der Waals surface area contributed by atoms with E-state index in [1.54, 1.807) is 6.26 Å². The van der Waals surface area contributed by atoms with Crippen LogP contribution in [0, 0.1) is 0 Å².